The molecular weight excluding hydrogens is 363 g/mol. The van der Waals surface area contributed by atoms with Crippen molar-refractivity contribution in [3.05, 3.63) is 35.6 Å². The minimum atomic E-state index is -5.46. The minimum absolute atomic E-state index is 0.297. The normalized spacial score (nSPS) is 27.2. The van der Waals surface area contributed by atoms with Gasteiger partial charge in [0.15, 0.2) is 6.10 Å². The van der Waals surface area contributed by atoms with Crippen LogP contribution >= 0.6 is 0 Å². The Bertz CT molecular complexity index is 673. The summed E-state index contributed by atoms with van der Waals surface area (Å²) in [5, 5.41) is 1.33. The van der Waals surface area contributed by atoms with Crippen molar-refractivity contribution in [3.8, 4) is 0 Å². The molecule has 1 N–H and O–H groups in total. The molecule has 25 heavy (non-hydrogen) atoms. The molecule has 0 saturated carbocycles. The van der Waals surface area contributed by atoms with Crippen LogP contribution in [0.1, 0.15) is 5.56 Å². The van der Waals surface area contributed by atoms with Crippen molar-refractivity contribution in [1.29, 1.82) is 0 Å². The topological polar surface area (TPSA) is 55.4 Å². The van der Waals surface area contributed by atoms with Crippen molar-refractivity contribution in [3.63, 3.8) is 0 Å². The van der Waals surface area contributed by atoms with Crippen molar-refractivity contribution in [1.82, 2.24) is 5.32 Å². The van der Waals surface area contributed by atoms with Gasteiger partial charge in [0.2, 0.25) is 0 Å². The van der Waals surface area contributed by atoms with Crippen molar-refractivity contribution in [2.45, 2.75) is 24.0 Å². The van der Waals surface area contributed by atoms with Gasteiger partial charge < -0.3 is 14.8 Å². The van der Waals surface area contributed by atoms with Gasteiger partial charge in [0, 0.05) is 5.56 Å². The van der Waals surface area contributed by atoms with Gasteiger partial charge >= 0.3 is 18.3 Å². The third-order valence-corrected chi connectivity index (χ3v) is 3.80. The maximum Gasteiger partial charge on any atom is 0.471 e. The molecule has 1 amide bonds. The summed E-state index contributed by atoms with van der Waals surface area (Å²) in [6.45, 7) is -1.16. The Labute approximate surface area is 135 Å². The summed E-state index contributed by atoms with van der Waals surface area (Å²) in [6, 6.07) is 3.94. The number of carbonyl (C=O) groups excluding carboxylic acids is 2. The molecule has 1 aromatic carbocycles. The lowest BCUT2D eigenvalue weighted by Crippen LogP contribution is -2.57. The molecular formula is C14H10F7NO3. The number of nitrogens with one attached hydrogen (secondary N) is 1. The van der Waals surface area contributed by atoms with Crippen LogP contribution in [0.2, 0.25) is 0 Å². The van der Waals surface area contributed by atoms with Gasteiger partial charge in [-0.05, 0) is 6.07 Å². The van der Waals surface area contributed by atoms with E-state index >= 15 is 0 Å². The fourth-order valence-corrected chi connectivity index (χ4v) is 2.71. The molecule has 1 saturated heterocycles. The summed E-state index contributed by atoms with van der Waals surface area (Å²) < 4.78 is 95.4. The molecule has 0 aromatic heterocycles. The number of alkyl halides is 6. The number of carbonyl (C=O) groups is 2. The third-order valence-electron chi connectivity index (χ3n) is 3.80. The maximum atomic E-state index is 14.1. The van der Waals surface area contributed by atoms with Crippen LogP contribution in [0, 0.1) is 11.7 Å². The van der Waals surface area contributed by atoms with Gasteiger partial charge in [-0.3, -0.25) is 4.79 Å². The Kier molecular flexibility index (Phi) is 4.81. The number of rotatable bonds is 3. The molecule has 1 aromatic rings. The van der Waals surface area contributed by atoms with Crippen molar-refractivity contribution in [2.75, 3.05) is 6.61 Å². The molecule has 2 rings (SSSR count). The maximum absolute atomic E-state index is 14.1. The van der Waals surface area contributed by atoms with E-state index in [0.29, 0.717) is 0 Å². The van der Waals surface area contributed by atoms with Crippen molar-refractivity contribution < 1.29 is 45.1 Å². The smallest absolute Gasteiger partial charge is 0.365 e. The van der Waals surface area contributed by atoms with E-state index in [9.17, 15) is 40.3 Å². The number of aldehydes is 1. The largest absolute Gasteiger partial charge is 0.471 e. The fraction of sp³-hybridized carbons (Fsp3) is 0.429. The number of amides is 1. The van der Waals surface area contributed by atoms with Gasteiger partial charge in [-0.25, -0.2) is 4.39 Å². The second kappa shape index (κ2) is 6.28. The SMILES string of the molecule is O=C[C@@H]1[C@@H](C(F)(F)F)OC[C@@]1(NC(=O)C(F)(F)F)c1ccccc1F. The lowest BCUT2D eigenvalue weighted by atomic mass is 9.78. The quantitative estimate of drug-likeness (QED) is 0.654. The van der Waals surface area contributed by atoms with Gasteiger partial charge in [0.05, 0.1) is 12.5 Å². The standard InChI is InChI=1S/C14H10F7NO3/c15-9-4-2-1-3-7(9)12(22-11(24)14(19,20)21)6-25-10(8(12)5-23)13(16,17)18/h1-5,8,10H,6H2,(H,22,24)/t8-,10+,12-/m1/s1. The summed E-state index contributed by atoms with van der Waals surface area (Å²) in [6.07, 6.45) is -13.7. The predicted octanol–water partition coefficient (Wildman–Crippen LogP) is 2.48. The highest BCUT2D eigenvalue weighted by atomic mass is 19.4. The number of benzene rings is 1. The lowest BCUT2D eigenvalue weighted by molar-refractivity contribution is -0.215. The van der Waals surface area contributed by atoms with Crippen LogP contribution in [0.4, 0.5) is 30.7 Å². The first kappa shape index (κ1) is 19.2. The molecule has 0 spiro atoms. The zero-order valence-corrected chi connectivity index (χ0v) is 12.1. The van der Waals surface area contributed by atoms with Crippen molar-refractivity contribution in [2.24, 2.45) is 5.92 Å². The molecule has 0 aliphatic carbocycles. The van der Waals surface area contributed by atoms with Crippen LogP contribution in [0.25, 0.3) is 0 Å². The summed E-state index contributed by atoms with van der Waals surface area (Å²) >= 11 is 0. The molecule has 0 bridgehead atoms. The molecule has 3 atom stereocenters. The Balaban J connectivity index is 2.60. The molecule has 1 aliphatic heterocycles. The molecule has 0 unspecified atom stereocenters. The fourth-order valence-electron chi connectivity index (χ4n) is 2.71. The van der Waals surface area contributed by atoms with E-state index in [0.717, 1.165) is 24.3 Å². The van der Waals surface area contributed by atoms with Crippen LogP contribution in [-0.2, 0) is 19.9 Å². The molecule has 0 radical (unpaired) electrons. The van der Waals surface area contributed by atoms with E-state index in [4.69, 9.17) is 0 Å². The summed E-state index contributed by atoms with van der Waals surface area (Å²) in [4.78, 5) is 22.6. The molecule has 1 fully saturated rings. The highest BCUT2D eigenvalue weighted by molar-refractivity contribution is 5.83. The van der Waals surface area contributed by atoms with E-state index in [1.807, 2.05) is 0 Å². The predicted molar refractivity (Wildman–Crippen MR) is 67.6 cm³/mol. The van der Waals surface area contributed by atoms with Crippen LogP contribution < -0.4 is 5.32 Å². The number of hydrogen-bond acceptors (Lipinski definition) is 3. The first-order valence-electron chi connectivity index (χ1n) is 6.71. The average Bonchev–Trinajstić information content (AvgIpc) is 2.86. The van der Waals surface area contributed by atoms with Crippen LogP contribution in [0.15, 0.2) is 24.3 Å². The van der Waals surface area contributed by atoms with Gasteiger partial charge in [-0.1, -0.05) is 18.2 Å². The van der Waals surface area contributed by atoms with Crippen LogP contribution in [0.3, 0.4) is 0 Å². The zero-order chi connectivity index (χ0) is 19.0. The van der Waals surface area contributed by atoms with E-state index in [1.54, 1.807) is 0 Å². The summed E-state index contributed by atoms with van der Waals surface area (Å²) in [5.41, 5.74) is -3.36. The Hall–Kier alpha value is -2.17. The van der Waals surface area contributed by atoms with Crippen molar-refractivity contribution >= 4 is 12.2 Å². The number of halogens is 7. The Morgan fingerprint density at radius 1 is 1.20 bits per heavy atom. The van der Waals surface area contributed by atoms with Crippen LogP contribution in [0.5, 0.6) is 0 Å². The molecule has 11 heteroatoms. The van der Waals surface area contributed by atoms with Gasteiger partial charge in [0.1, 0.15) is 17.6 Å². The minimum Gasteiger partial charge on any atom is -0.365 e. The zero-order valence-electron chi connectivity index (χ0n) is 12.1. The Morgan fingerprint density at radius 3 is 2.28 bits per heavy atom. The van der Waals surface area contributed by atoms with E-state index in [-0.39, 0.29) is 6.29 Å². The number of hydrogen-bond donors (Lipinski definition) is 1. The lowest BCUT2D eigenvalue weighted by Gasteiger charge is -2.34. The summed E-state index contributed by atoms with van der Waals surface area (Å²) in [7, 11) is 0. The third kappa shape index (κ3) is 3.46. The van der Waals surface area contributed by atoms with E-state index in [2.05, 4.69) is 4.74 Å². The highest BCUT2D eigenvalue weighted by Crippen LogP contribution is 2.45. The Morgan fingerprint density at radius 2 is 1.80 bits per heavy atom. The number of ether oxygens (including phenoxy) is 1. The van der Waals surface area contributed by atoms with Gasteiger partial charge in [-0.15, -0.1) is 0 Å². The molecule has 1 aliphatic rings. The first-order valence-corrected chi connectivity index (χ1v) is 6.71. The molecule has 4 nitrogen and oxygen atoms in total. The average molecular weight is 373 g/mol. The second-order valence-electron chi connectivity index (χ2n) is 5.34. The van der Waals surface area contributed by atoms with Gasteiger partial charge in [0.25, 0.3) is 0 Å². The van der Waals surface area contributed by atoms with Gasteiger partial charge in [-0.2, -0.15) is 26.3 Å². The second-order valence-corrected chi connectivity index (χ2v) is 5.34. The summed E-state index contributed by atoms with van der Waals surface area (Å²) in [5.74, 6) is -6.12. The monoisotopic (exact) mass is 373 g/mol. The molecule has 1 heterocycles. The molecule has 138 valence electrons. The first-order chi connectivity index (χ1) is 11.4. The van der Waals surface area contributed by atoms with E-state index < -0.39 is 53.8 Å². The van der Waals surface area contributed by atoms with Crippen LogP contribution in [-0.4, -0.2) is 37.3 Å². The highest BCUT2D eigenvalue weighted by Gasteiger charge is 2.62. The van der Waals surface area contributed by atoms with E-state index in [1.165, 1.54) is 5.32 Å².